The molecular formula is C15H22N2O2. The summed E-state index contributed by atoms with van der Waals surface area (Å²) in [6.45, 7) is 7.70. The number of nitrogens with one attached hydrogen (secondary N) is 1. The number of carbonyl (C=O) groups is 1. The largest absolute Gasteiger partial charge is 0.447 e. The van der Waals surface area contributed by atoms with E-state index in [9.17, 15) is 4.79 Å². The van der Waals surface area contributed by atoms with Gasteiger partial charge in [-0.3, -0.25) is 4.90 Å². The number of rotatable bonds is 5. The smallest absolute Gasteiger partial charge is 0.414 e. The van der Waals surface area contributed by atoms with Crippen LogP contribution < -0.4 is 10.2 Å². The fourth-order valence-corrected chi connectivity index (χ4v) is 2.35. The van der Waals surface area contributed by atoms with Crippen molar-refractivity contribution in [1.82, 2.24) is 0 Å². The van der Waals surface area contributed by atoms with Gasteiger partial charge in [0.25, 0.3) is 0 Å². The molecule has 0 radical (unpaired) electrons. The Kier molecular flexibility index (Phi) is 4.30. The Balaban J connectivity index is 2.12. The lowest BCUT2D eigenvalue weighted by Crippen LogP contribution is -2.25. The van der Waals surface area contributed by atoms with Crippen molar-refractivity contribution in [3.05, 3.63) is 24.3 Å². The van der Waals surface area contributed by atoms with Gasteiger partial charge in [0.1, 0.15) is 6.61 Å². The van der Waals surface area contributed by atoms with Crippen LogP contribution in [-0.4, -0.2) is 25.3 Å². The van der Waals surface area contributed by atoms with Crippen molar-refractivity contribution >= 4 is 17.5 Å². The van der Waals surface area contributed by atoms with Gasteiger partial charge in [0, 0.05) is 17.4 Å². The molecule has 1 aliphatic heterocycles. The zero-order chi connectivity index (χ0) is 13.8. The van der Waals surface area contributed by atoms with Crippen molar-refractivity contribution in [3.8, 4) is 0 Å². The molecule has 1 atom stereocenters. The highest BCUT2D eigenvalue weighted by molar-refractivity contribution is 5.89. The maximum atomic E-state index is 11.6. The molecule has 0 bridgehead atoms. The minimum Gasteiger partial charge on any atom is -0.447 e. The predicted molar refractivity (Wildman–Crippen MR) is 77.7 cm³/mol. The van der Waals surface area contributed by atoms with Crippen molar-refractivity contribution in [2.75, 3.05) is 23.4 Å². The Morgan fingerprint density at radius 2 is 2.21 bits per heavy atom. The highest BCUT2D eigenvalue weighted by atomic mass is 16.6. The summed E-state index contributed by atoms with van der Waals surface area (Å²) in [5, 5.41) is 3.53. The molecule has 0 aliphatic carbocycles. The molecule has 0 saturated carbocycles. The van der Waals surface area contributed by atoms with Gasteiger partial charge in [-0.25, -0.2) is 4.79 Å². The Hall–Kier alpha value is -1.71. The third kappa shape index (κ3) is 3.19. The van der Waals surface area contributed by atoms with Crippen molar-refractivity contribution in [2.45, 2.75) is 33.2 Å². The molecule has 1 unspecified atom stereocenters. The molecule has 19 heavy (non-hydrogen) atoms. The molecule has 1 aromatic carbocycles. The molecule has 0 aromatic heterocycles. The number of hydrogen-bond acceptors (Lipinski definition) is 3. The van der Waals surface area contributed by atoms with Crippen LogP contribution in [0.25, 0.3) is 0 Å². The zero-order valence-corrected chi connectivity index (χ0v) is 11.8. The van der Waals surface area contributed by atoms with E-state index < -0.39 is 0 Å². The van der Waals surface area contributed by atoms with Crippen LogP contribution in [0, 0.1) is 5.92 Å². The summed E-state index contributed by atoms with van der Waals surface area (Å²) in [7, 11) is 0. The predicted octanol–water partition coefficient (Wildman–Crippen LogP) is 3.49. The summed E-state index contributed by atoms with van der Waals surface area (Å²) in [6, 6.07) is 8.40. The van der Waals surface area contributed by atoms with Gasteiger partial charge >= 0.3 is 6.09 Å². The number of nitrogens with zero attached hydrogens (tertiary/aromatic N) is 1. The molecule has 1 saturated heterocycles. The second-order valence-electron chi connectivity index (χ2n) is 5.22. The van der Waals surface area contributed by atoms with E-state index in [2.05, 4.69) is 26.1 Å². The molecule has 1 amide bonds. The summed E-state index contributed by atoms with van der Waals surface area (Å²) < 4.78 is 4.97. The number of anilines is 2. The van der Waals surface area contributed by atoms with E-state index in [1.54, 1.807) is 4.90 Å². The first-order valence-electron chi connectivity index (χ1n) is 6.92. The van der Waals surface area contributed by atoms with Crippen LogP contribution in [0.3, 0.4) is 0 Å². The van der Waals surface area contributed by atoms with Crippen LogP contribution in [0.4, 0.5) is 16.2 Å². The molecule has 4 heteroatoms. The van der Waals surface area contributed by atoms with Crippen LogP contribution in [0.5, 0.6) is 0 Å². The third-order valence-electron chi connectivity index (χ3n) is 3.52. The number of benzene rings is 1. The lowest BCUT2D eigenvalue weighted by atomic mass is 10.0. The van der Waals surface area contributed by atoms with E-state index in [1.165, 1.54) is 0 Å². The highest BCUT2D eigenvalue weighted by Gasteiger charge is 2.23. The number of ether oxygens (including phenoxy) is 1. The zero-order valence-electron chi connectivity index (χ0n) is 11.8. The molecule has 4 nitrogen and oxygen atoms in total. The van der Waals surface area contributed by atoms with E-state index in [4.69, 9.17) is 4.74 Å². The number of amides is 1. The summed E-state index contributed by atoms with van der Waals surface area (Å²) in [5.41, 5.74) is 1.95. The first kappa shape index (κ1) is 13.7. The van der Waals surface area contributed by atoms with Crippen LogP contribution in [-0.2, 0) is 4.74 Å². The fraction of sp³-hybridized carbons (Fsp3) is 0.533. The molecular weight excluding hydrogens is 240 g/mol. The van der Waals surface area contributed by atoms with Crippen LogP contribution in [0.15, 0.2) is 24.3 Å². The molecule has 1 aliphatic rings. The molecule has 1 heterocycles. The van der Waals surface area contributed by atoms with Gasteiger partial charge in [-0.1, -0.05) is 26.8 Å². The van der Waals surface area contributed by atoms with Crippen LogP contribution in [0.1, 0.15) is 27.2 Å². The highest BCUT2D eigenvalue weighted by Crippen LogP contribution is 2.24. The summed E-state index contributed by atoms with van der Waals surface area (Å²) >= 11 is 0. The molecule has 1 aromatic rings. The van der Waals surface area contributed by atoms with Crippen molar-refractivity contribution in [2.24, 2.45) is 5.92 Å². The molecule has 1 N–H and O–H groups in total. The summed E-state index contributed by atoms with van der Waals surface area (Å²) in [6.07, 6.45) is 0.821. The van der Waals surface area contributed by atoms with Crippen molar-refractivity contribution in [1.29, 1.82) is 0 Å². The maximum Gasteiger partial charge on any atom is 0.414 e. The van der Waals surface area contributed by atoms with E-state index in [1.807, 2.05) is 24.3 Å². The van der Waals surface area contributed by atoms with E-state index >= 15 is 0 Å². The Labute approximate surface area is 114 Å². The monoisotopic (exact) mass is 262 g/mol. The van der Waals surface area contributed by atoms with E-state index in [-0.39, 0.29) is 6.09 Å². The lowest BCUT2D eigenvalue weighted by molar-refractivity contribution is 0.181. The molecule has 104 valence electrons. The number of hydrogen-bond donors (Lipinski definition) is 1. The molecule has 1 fully saturated rings. The SMILES string of the molecule is CCC(Nc1cccc(N2CCOC2=O)c1)C(C)C. The van der Waals surface area contributed by atoms with Crippen molar-refractivity contribution in [3.63, 3.8) is 0 Å². The Morgan fingerprint density at radius 3 is 2.79 bits per heavy atom. The maximum absolute atomic E-state index is 11.6. The average Bonchev–Trinajstić information content (AvgIpc) is 2.82. The summed E-state index contributed by atoms with van der Waals surface area (Å²) in [5.74, 6) is 0.574. The minimum absolute atomic E-state index is 0.256. The first-order valence-corrected chi connectivity index (χ1v) is 6.92. The molecule has 0 spiro atoms. The van der Waals surface area contributed by atoms with Gasteiger partial charge < -0.3 is 10.1 Å². The van der Waals surface area contributed by atoms with Gasteiger partial charge in [-0.15, -0.1) is 0 Å². The normalized spacial score (nSPS) is 16.6. The Morgan fingerprint density at radius 1 is 1.42 bits per heavy atom. The minimum atomic E-state index is -0.256. The van der Waals surface area contributed by atoms with Gasteiger partial charge in [-0.05, 0) is 30.5 Å². The standard InChI is InChI=1S/C15H22N2O2/c1-4-14(11(2)3)16-12-6-5-7-13(10-12)17-8-9-19-15(17)18/h5-7,10-11,14,16H,4,8-9H2,1-3H3. The number of cyclic esters (lactones) is 1. The molecule has 2 rings (SSSR count). The van der Waals surface area contributed by atoms with Gasteiger partial charge in [0.05, 0.1) is 6.54 Å². The second kappa shape index (κ2) is 5.95. The topological polar surface area (TPSA) is 41.6 Å². The lowest BCUT2D eigenvalue weighted by Gasteiger charge is -2.23. The van der Waals surface area contributed by atoms with Crippen LogP contribution >= 0.6 is 0 Å². The van der Waals surface area contributed by atoms with E-state index in [0.29, 0.717) is 25.1 Å². The quantitative estimate of drug-likeness (QED) is 0.883. The fourth-order valence-electron chi connectivity index (χ4n) is 2.35. The second-order valence-corrected chi connectivity index (χ2v) is 5.22. The van der Waals surface area contributed by atoms with Crippen LogP contribution in [0.2, 0.25) is 0 Å². The summed E-state index contributed by atoms with van der Waals surface area (Å²) in [4.78, 5) is 13.2. The van der Waals surface area contributed by atoms with Gasteiger partial charge in [0.2, 0.25) is 0 Å². The number of carbonyl (C=O) groups excluding carboxylic acids is 1. The average molecular weight is 262 g/mol. The Bertz CT molecular complexity index is 446. The van der Waals surface area contributed by atoms with Crippen molar-refractivity contribution < 1.29 is 9.53 Å². The van der Waals surface area contributed by atoms with Gasteiger partial charge in [0.15, 0.2) is 0 Å². The first-order chi connectivity index (χ1) is 9.11. The van der Waals surface area contributed by atoms with Gasteiger partial charge in [-0.2, -0.15) is 0 Å². The third-order valence-corrected chi connectivity index (χ3v) is 3.52. The van der Waals surface area contributed by atoms with E-state index in [0.717, 1.165) is 17.8 Å².